The van der Waals surface area contributed by atoms with E-state index in [9.17, 15) is 14.4 Å². The second-order valence-corrected chi connectivity index (χ2v) is 5.75. The topological polar surface area (TPSA) is 86.7 Å². The van der Waals surface area contributed by atoms with Gasteiger partial charge < -0.3 is 10.0 Å². The fourth-order valence-electron chi connectivity index (χ4n) is 1.43. The molecule has 6 nitrogen and oxygen atoms in total. The van der Waals surface area contributed by atoms with E-state index in [4.69, 9.17) is 5.11 Å². The minimum Gasteiger partial charge on any atom is -0.481 e. The van der Waals surface area contributed by atoms with Gasteiger partial charge in [-0.15, -0.1) is 0 Å². The van der Waals surface area contributed by atoms with Gasteiger partial charge in [0, 0.05) is 25.9 Å². The Balaban J connectivity index is 4.22. The van der Waals surface area contributed by atoms with Crippen molar-refractivity contribution in [2.75, 3.05) is 7.05 Å². The van der Waals surface area contributed by atoms with Gasteiger partial charge in [0.05, 0.1) is 0 Å². The smallest absolute Gasteiger partial charge is 0.324 e. The number of carbonyl (C=O) groups excluding carboxylic acids is 2. The number of carboxylic acid groups (broad SMARTS) is 1. The van der Waals surface area contributed by atoms with Crippen LogP contribution >= 0.6 is 0 Å². The Morgan fingerprint density at radius 3 is 2.16 bits per heavy atom. The highest BCUT2D eigenvalue weighted by molar-refractivity contribution is 5.94. The molecule has 1 unspecified atom stereocenters. The van der Waals surface area contributed by atoms with E-state index in [1.165, 1.54) is 4.90 Å². The molecule has 0 aliphatic heterocycles. The third kappa shape index (κ3) is 6.79. The number of imide groups is 1. The number of hydrogen-bond acceptors (Lipinski definition) is 3. The molecule has 0 aliphatic carbocycles. The minimum absolute atomic E-state index is 0.0284. The Morgan fingerprint density at radius 1 is 1.21 bits per heavy atom. The van der Waals surface area contributed by atoms with Crippen LogP contribution in [0.5, 0.6) is 0 Å². The van der Waals surface area contributed by atoms with Gasteiger partial charge in [-0.3, -0.25) is 14.9 Å². The van der Waals surface area contributed by atoms with Crippen molar-refractivity contribution in [2.45, 2.75) is 53.0 Å². The largest absolute Gasteiger partial charge is 0.481 e. The van der Waals surface area contributed by atoms with E-state index in [0.717, 1.165) is 0 Å². The summed E-state index contributed by atoms with van der Waals surface area (Å²) < 4.78 is 0. The van der Waals surface area contributed by atoms with Crippen LogP contribution in [0.3, 0.4) is 0 Å². The molecule has 0 saturated heterocycles. The Kier molecular flexibility index (Phi) is 6.52. The summed E-state index contributed by atoms with van der Waals surface area (Å²) in [6.07, 6.45) is 0.193. The number of urea groups is 1. The van der Waals surface area contributed by atoms with Gasteiger partial charge >= 0.3 is 12.0 Å². The van der Waals surface area contributed by atoms with Crippen LogP contribution in [-0.4, -0.2) is 41.0 Å². The van der Waals surface area contributed by atoms with Gasteiger partial charge in [-0.1, -0.05) is 20.8 Å². The molecule has 1 atom stereocenters. The number of rotatable bonds is 5. The number of nitrogens with one attached hydrogen (secondary N) is 1. The molecule has 0 aromatic heterocycles. The van der Waals surface area contributed by atoms with Crippen molar-refractivity contribution in [1.82, 2.24) is 10.2 Å². The number of nitrogens with zero attached hydrogens (tertiary/aromatic N) is 1. The third-order valence-electron chi connectivity index (χ3n) is 3.20. The summed E-state index contributed by atoms with van der Waals surface area (Å²) >= 11 is 0. The number of hydrogen-bond donors (Lipinski definition) is 2. The third-order valence-corrected chi connectivity index (χ3v) is 3.20. The van der Waals surface area contributed by atoms with Gasteiger partial charge in [-0.05, 0) is 18.8 Å². The molecule has 0 spiro atoms. The van der Waals surface area contributed by atoms with Gasteiger partial charge in [-0.2, -0.15) is 0 Å². The van der Waals surface area contributed by atoms with E-state index in [2.05, 4.69) is 5.32 Å². The zero-order chi connectivity index (χ0) is 15.2. The van der Waals surface area contributed by atoms with Crippen LogP contribution in [0.25, 0.3) is 0 Å². The van der Waals surface area contributed by atoms with Crippen LogP contribution in [0, 0.1) is 5.41 Å². The van der Waals surface area contributed by atoms with Crippen LogP contribution in [0.4, 0.5) is 4.79 Å². The molecule has 3 amide bonds. The average molecular weight is 272 g/mol. The molecule has 0 heterocycles. The Bertz CT molecular complexity index is 347. The van der Waals surface area contributed by atoms with Crippen LogP contribution in [0.2, 0.25) is 0 Å². The molecule has 6 heteroatoms. The number of aliphatic carboxylic acids is 1. The van der Waals surface area contributed by atoms with Crippen LogP contribution in [-0.2, 0) is 9.59 Å². The predicted molar refractivity (Wildman–Crippen MR) is 71.7 cm³/mol. The SMILES string of the molecule is CC(N(C)C(=O)NC(=O)CCCC(=O)O)C(C)(C)C. The normalized spacial score (nSPS) is 12.7. The first-order valence-electron chi connectivity index (χ1n) is 6.34. The van der Waals surface area contributed by atoms with Crippen molar-refractivity contribution in [3.8, 4) is 0 Å². The molecule has 0 aliphatic rings. The number of carboxylic acids is 1. The number of carbonyl (C=O) groups is 3. The number of amides is 3. The maximum absolute atomic E-state index is 11.8. The summed E-state index contributed by atoms with van der Waals surface area (Å²) in [5.74, 6) is -1.39. The van der Waals surface area contributed by atoms with Crippen molar-refractivity contribution in [3.63, 3.8) is 0 Å². The Labute approximate surface area is 114 Å². The van der Waals surface area contributed by atoms with Crippen molar-refractivity contribution in [1.29, 1.82) is 0 Å². The van der Waals surface area contributed by atoms with E-state index in [1.807, 2.05) is 27.7 Å². The quantitative estimate of drug-likeness (QED) is 0.799. The summed E-state index contributed by atoms with van der Waals surface area (Å²) in [5, 5.41) is 10.7. The van der Waals surface area contributed by atoms with E-state index < -0.39 is 17.9 Å². The highest BCUT2D eigenvalue weighted by Crippen LogP contribution is 2.22. The molecule has 0 aromatic carbocycles. The predicted octanol–water partition coefficient (Wildman–Crippen LogP) is 1.84. The first-order valence-corrected chi connectivity index (χ1v) is 6.34. The highest BCUT2D eigenvalue weighted by Gasteiger charge is 2.27. The molecule has 2 N–H and O–H groups in total. The molecule has 0 saturated carbocycles. The molecule has 0 radical (unpaired) electrons. The maximum atomic E-state index is 11.8. The zero-order valence-electron chi connectivity index (χ0n) is 12.3. The van der Waals surface area contributed by atoms with E-state index in [-0.39, 0.29) is 30.7 Å². The molecule has 0 rings (SSSR count). The Hall–Kier alpha value is -1.59. The molecule has 110 valence electrons. The first kappa shape index (κ1) is 17.4. The zero-order valence-corrected chi connectivity index (χ0v) is 12.3. The summed E-state index contributed by atoms with van der Waals surface area (Å²) in [7, 11) is 1.63. The average Bonchev–Trinajstić information content (AvgIpc) is 2.24. The fourth-order valence-corrected chi connectivity index (χ4v) is 1.43. The minimum atomic E-state index is -0.947. The van der Waals surface area contributed by atoms with Crippen LogP contribution in [0.15, 0.2) is 0 Å². The van der Waals surface area contributed by atoms with Crippen molar-refractivity contribution < 1.29 is 19.5 Å². The second-order valence-electron chi connectivity index (χ2n) is 5.75. The summed E-state index contributed by atoms with van der Waals surface area (Å²) in [4.78, 5) is 35.1. The summed E-state index contributed by atoms with van der Waals surface area (Å²) in [5.41, 5.74) is -0.0849. The highest BCUT2D eigenvalue weighted by atomic mass is 16.4. The van der Waals surface area contributed by atoms with E-state index in [1.54, 1.807) is 7.05 Å². The molecule has 0 bridgehead atoms. The lowest BCUT2D eigenvalue weighted by Crippen LogP contribution is -2.49. The lowest BCUT2D eigenvalue weighted by atomic mass is 9.87. The summed E-state index contributed by atoms with van der Waals surface area (Å²) in [6, 6.07) is -0.484. The maximum Gasteiger partial charge on any atom is 0.324 e. The van der Waals surface area contributed by atoms with Gasteiger partial charge in [0.2, 0.25) is 5.91 Å². The van der Waals surface area contributed by atoms with E-state index >= 15 is 0 Å². The first-order chi connectivity index (χ1) is 8.55. The van der Waals surface area contributed by atoms with Crippen LogP contribution < -0.4 is 5.32 Å². The monoisotopic (exact) mass is 272 g/mol. The van der Waals surface area contributed by atoms with Crippen molar-refractivity contribution in [3.05, 3.63) is 0 Å². The van der Waals surface area contributed by atoms with Gasteiger partial charge in [0.15, 0.2) is 0 Å². The fraction of sp³-hybridized carbons (Fsp3) is 0.769. The molecule has 19 heavy (non-hydrogen) atoms. The molecular weight excluding hydrogens is 248 g/mol. The lowest BCUT2D eigenvalue weighted by Gasteiger charge is -2.35. The van der Waals surface area contributed by atoms with Crippen molar-refractivity contribution in [2.24, 2.45) is 5.41 Å². The van der Waals surface area contributed by atoms with Gasteiger partial charge in [0.1, 0.15) is 0 Å². The Morgan fingerprint density at radius 2 is 1.74 bits per heavy atom. The standard InChI is InChI=1S/C13H24N2O4/c1-9(13(2,3)4)15(5)12(19)14-10(16)7-6-8-11(17)18/h9H,6-8H2,1-5H3,(H,17,18)(H,14,16,19). The van der Waals surface area contributed by atoms with Gasteiger partial charge in [0.25, 0.3) is 0 Å². The molecular formula is C13H24N2O4. The second kappa shape index (κ2) is 7.11. The summed E-state index contributed by atoms with van der Waals surface area (Å²) in [6.45, 7) is 7.94. The molecule has 0 aromatic rings. The van der Waals surface area contributed by atoms with Gasteiger partial charge in [-0.25, -0.2) is 4.79 Å². The van der Waals surface area contributed by atoms with E-state index in [0.29, 0.717) is 0 Å². The lowest BCUT2D eigenvalue weighted by molar-refractivity contribution is -0.137. The molecule has 0 fully saturated rings. The van der Waals surface area contributed by atoms with Crippen LogP contribution in [0.1, 0.15) is 47.0 Å². The van der Waals surface area contributed by atoms with Crippen molar-refractivity contribution >= 4 is 17.9 Å².